The molecule has 2 nitrogen and oxygen atoms in total. The Hall–Kier alpha value is -0.280. The molecular formula is C13H17Cl2NO. The van der Waals surface area contributed by atoms with Crippen molar-refractivity contribution < 1.29 is 4.74 Å². The fraction of sp³-hybridized carbons (Fsp3) is 0.538. The van der Waals surface area contributed by atoms with Gasteiger partial charge in [0.25, 0.3) is 0 Å². The summed E-state index contributed by atoms with van der Waals surface area (Å²) in [5.74, 6) is 0. The zero-order chi connectivity index (χ0) is 12.5. The first kappa shape index (κ1) is 13.2. The highest BCUT2D eigenvalue weighted by molar-refractivity contribution is 6.36. The predicted octanol–water partition coefficient (Wildman–Crippen LogP) is 3.43. The highest BCUT2D eigenvalue weighted by Gasteiger charge is 2.42. The molecule has 1 aliphatic carbocycles. The lowest BCUT2D eigenvalue weighted by atomic mass is 9.73. The molecule has 1 unspecified atom stereocenters. The van der Waals surface area contributed by atoms with Crippen molar-refractivity contribution in [1.29, 1.82) is 0 Å². The summed E-state index contributed by atoms with van der Waals surface area (Å²) in [6.07, 6.45) is 3.88. The van der Waals surface area contributed by atoms with Crippen LogP contribution < -0.4 is 5.73 Å². The molecular weight excluding hydrogens is 257 g/mol. The molecule has 1 atom stereocenters. The first-order valence-electron chi connectivity index (χ1n) is 5.83. The summed E-state index contributed by atoms with van der Waals surface area (Å²) in [5.41, 5.74) is 7.00. The largest absolute Gasteiger partial charge is 0.377 e. The number of ether oxygens (including phenoxy) is 1. The van der Waals surface area contributed by atoms with Gasteiger partial charge in [0.2, 0.25) is 0 Å². The third kappa shape index (κ3) is 2.45. The summed E-state index contributed by atoms with van der Waals surface area (Å²) in [5, 5.41) is 1.36. The maximum absolute atomic E-state index is 6.25. The van der Waals surface area contributed by atoms with Crippen LogP contribution in [0.25, 0.3) is 0 Å². The minimum Gasteiger partial charge on any atom is -0.377 e. The van der Waals surface area contributed by atoms with Gasteiger partial charge in [0.1, 0.15) is 0 Å². The van der Waals surface area contributed by atoms with Crippen molar-refractivity contribution in [3.63, 3.8) is 0 Å². The van der Waals surface area contributed by atoms with Gasteiger partial charge >= 0.3 is 0 Å². The lowest BCUT2D eigenvalue weighted by Crippen LogP contribution is -2.55. The zero-order valence-corrected chi connectivity index (χ0v) is 11.4. The number of rotatable bonds is 4. The van der Waals surface area contributed by atoms with Gasteiger partial charge in [0, 0.05) is 23.2 Å². The molecule has 0 radical (unpaired) electrons. The van der Waals surface area contributed by atoms with Crippen LogP contribution >= 0.6 is 23.2 Å². The molecule has 0 spiro atoms. The van der Waals surface area contributed by atoms with Gasteiger partial charge < -0.3 is 10.5 Å². The minimum absolute atomic E-state index is 0.0568. The van der Waals surface area contributed by atoms with Crippen LogP contribution in [0.15, 0.2) is 18.2 Å². The highest BCUT2D eigenvalue weighted by atomic mass is 35.5. The Morgan fingerprint density at radius 1 is 1.35 bits per heavy atom. The topological polar surface area (TPSA) is 35.2 Å². The number of nitrogens with two attached hydrogens (primary N) is 1. The molecule has 0 amide bonds. The summed E-state index contributed by atoms with van der Waals surface area (Å²) in [4.78, 5) is 0. The summed E-state index contributed by atoms with van der Waals surface area (Å²) < 4.78 is 5.58. The molecule has 0 saturated heterocycles. The van der Waals surface area contributed by atoms with E-state index in [0.717, 1.165) is 18.4 Å². The summed E-state index contributed by atoms with van der Waals surface area (Å²) in [6, 6.07) is 5.47. The average molecular weight is 274 g/mol. The number of benzene rings is 1. The van der Waals surface area contributed by atoms with Crippen LogP contribution in [0.1, 0.15) is 24.8 Å². The fourth-order valence-electron chi connectivity index (χ4n) is 2.38. The lowest BCUT2D eigenvalue weighted by molar-refractivity contribution is -0.0896. The molecule has 1 fully saturated rings. The van der Waals surface area contributed by atoms with E-state index in [2.05, 4.69) is 0 Å². The molecule has 0 aliphatic heterocycles. The van der Waals surface area contributed by atoms with Crippen molar-refractivity contribution in [2.45, 2.75) is 37.3 Å². The van der Waals surface area contributed by atoms with Crippen molar-refractivity contribution in [3.8, 4) is 0 Å². The molecule has 1 aromatic carbocycles. The molecule has 0 heterocycles. The van der Waals surface area contributed by atoms with Gasteiger partial charge in [-0.25, -0.2) is 0 Å². The number of hydrogen-bond donors (Lipinski definition) is 1. The lowest BCUT2D eigenvalue weighted by Gasteiger charge is -2.45. The number of halogens is 2. The van der Waals surface area contributed by atoms with E-state index in [9.17, 15) is 0 Å². The highest BCUT2D eigenvalue weighted by Crippen LogP contribution is 2.39. The Kier molecular flexibility index (Phi) is 3.99. The second kappa shape index (κ2) is 5.15. The van der Waals surface area contributed by atoms with Crippen molar-refractivity contribution in [1.82, 2.24) is 0 Å². The molecule has 4 heteroatoms. The maximum Gasteiger partial charge on any atom is 0.0832 e. The maximum atomic E-state index is 6.25. The second-order valence-corrected chi connectivity index (χ2v) is 5.45. The van der Waals surface area contributed by atoms with Crippen molar-refractivity contribution in [2.75, 3.05) is 7.11 Å². The van der Waals surface area contributed by atoms with Crippen LogP contribution in [-0.4, -0.2) is 18.8 Å². The van der Waals surface area contributed by atoms with Gasteiger partial charge in [-0.15, -0.1) is 0 Å². The predicted molar refractivity (Wildman–Crippen MR) is 71.7 cm³/mol. The van der Waals surface area contributed by atoms with E-state index in [1.54, 1.807) is 7.11 Å². The smallest absolute Gasteiger partial charge is 0.0832 e. The van der Waals surface area contributed by atoms with Crippen molar-refractivity contribution >= 4 is 23.2 Å². The van der Waals surface area contributed by atoms with E-state index in [1.165, 1.54) is 6.42 Å². The normalized spacial score (nSPS) is 19.8. The zero-order valence-electron chi connectivity index (χ0n) is 9.88. The molecule has 0 bridgehead atoms. The fourth-order valence-corrected chi connectivity index (χ4v) is 2.94. The Morgan fingerprint density at radius 2 is 1.94 bits per heavy atom. The van der Waals surface area contributed by atoms with E-state index in [4.69, 9.17) is 33.7 Å². The van der Waals surface area contributed by atoms with E-state index < -0.39 is 0 Å². The molecule has 1 aromatic rings. The second-order valence-electron chi connectivity index (χ2n) is 4.63. The van der Waals surface area contributed by atoms with Gasteiger partial charge in [-0.3, -0.25) is 0 Å². The first-order chi connectivity index (χ1) is 8.09. The summed E-state index contributed by atoms with van der Waals surface area (Å²) in [6.45, 7) is 0. The number of hydrogen-bond acceptors (Lipinski definition) is 2. The summed E-state index contributed by atoms with van der Waals surface area (Å²) >= 11 is 12.3. The standard InChI is InChI=1S/C13H17Cl2NO/c1-17-13(6-3-7-13)12(16)8-9-10(14)4-2-5-11(9)15/h2,4-5,12H,3,6-8,16H2,1H3. The quantitative estimate of drug-likeness (QED) is 0.912. The van der Waals surface area contributed by atoms with Crippen LogP contribution in [-0.2, 0) is 11.2 Å². The molecule has 2 N–H and O–H groups in total. The van der Waals surface area contributed by atoms with E-state index in [1.807, 2.05) is 18.2 Å². The van der Waals surface area contributed by atoms with Crippen LogP contribution in [0.4, 0.5) is 0 Å². The Bertz CT molecular complexity index is 379. The third-order valence-corrected chi connectivity index (χ3v) is 4.48. The average Bonchev–Trinajstić information content (AvgIpc) is 2.23. The Labute approximate surface area is 112 Å². The minimum atomic E-state index is -0.178. The van der Waals surface area contributed by atoms with Gasteiger partial charge in [-0.1, -0.05) is 29.3 Å². The van der Waals surface area contributed by atoms with Crippen LogP contribution in [0, 0.1) is 0 Å². The molecule has 0 aromatic heterocycles. The van der Waals surface area contributed by atoms with Gasteiger partial charge in [0.15, 0.2) is 0 Å². The molecule has 2 rings (SSSR count). The van der Waals surface area contributed by atoms with Crippen LogP contribution in [0.2, 0.25) is 10.0 Å². The molecule has 1 saturated carbocycles. The first-order valence-corrected chi connectivity index (χ1v) is 6.58. The molecule has 1 aliphatic rings. The van der Waals surface area contributed by atoms with Gasteiger partial charge in [-0.2, -0.15) is 0 Å². The van der Waals surface area contributed by atoms with Crippen molar-refractivity contribution in [3.05, 3.63) is 33.8 Å². The van der Waals surface area contributed by atoms with E-state index in [0.29, 0.717) is 16.5 Å². The van der Waals surface area contributed by atoms with Gasteiger partial charge in [-0.05, 0) is 43.4 Å². The van der Waals surface area contributed by atoms with Crippen molar-refractivity contribution in [2.24, 2.45) is 5.73 Å². The summed E-state index contributed by atoms with van der Waals surface area (Å²) in [7, 11) is 1.73. The van der Waals surface area contributed by atoms with Crippen LogP contribution in [0.5, 0.6) is 0 Å². The number of methoxy groups -OCH3 is 1. The Balaban J connectivity index is 2.15. The monoisotopic (exact) mass is 273 g/mol. The Morgan fingerprint density at radius 3 is 2.35 bits per heavy atom. The van der Waals surface area contributed by atoms with Crippen LogP contribution in [0.3, 0.4) is 0 Å². The molecule has 17 heavy (non-hydrogen) atoms. The van der Waals surface area contributed by atoms with E-state index >= 15 is 0 Å². The van der Waals surface area contributed by atoms with Gasteiger partial charge in [0.05, 0.1) is 5.60 Å². The van der Waals surface area contributed by atoms with E-state index in [-0.39, 0.29) is 11.6 Å². The molecule has 94 valence electrons. The third-order valence-electron chi connectivity index (χ3n) is 3.77. The SMILES string of the molecule is COC1(C(N)Cc2c(Cl)cccc2Cl)CCC1.